The van der Waals surface area contributed by atoms with Gasteiger partial charge in [0, 0.05) is 6.04 Å². The zero-order valence-corrected chi connectivity index (χ0v) is 12.4. The molecule has 1 saturated heterocycles. The molecule has 2 atom stereocenters. The summed E-state index contributed by atoms with van der Waals surface area (Å²) in [6, 6.07) is 5.59. The fourth-order valence-electron chi connectivity index (χ4n) is 2.96. The number of rotatable bonds is 3. The summed E-state index contributed by atoms with van der Waals surface area (Å²) >= 11 is 0. The monoisotopic (exact) mass is 290 g/mol. The van der Waals surface area contributed by atoms with E-state index in [1.165, 1.54) is 6.42 Å². The fourth-order valence-corrected chi connectivity index (χ4v) is 2.96. The van der Waals surface area contributed by atoms with Gasteiger partial charge in [-0.1, -0.05) is 6.07 Å². The molecule has 5 nitrogen and oxygen atoms in total. The second-order valence-electron chi connectivity index (χ2n) is 5.70. The average molecular weight is 290 g/mol. The number of nitrogens with one attached hydrogen (secondary N) is 2. The van der Waals surface area contributed by atoms with Crippen molar-refractivity contribution in [1.82, 2.24) is 10.6 Å². The van der Waals surface area contributed by atoms with E-state index in [1.54, 1.807) is 6.07 Å². The summed E-state index contributed by atoms with van der Waals surface area (Å²) in [7, 11) is 0. The second-order valence-corrected chi connectivity index (χ2v) is 5.70. The number of benzene rings is 1. The normalized spacial score (nSPS) is 22.4. The minimum absolute atomic E-state index is 0.0876. The van der Waals surface area contributed by atoms with E-state index in [0.717, 1.165) is 19.5 Å². The number of hydrogen-bond acceptors (Lipinski definition) is 4. The highest BCUT2D eigenvalue weighted by molar-refractivity contribution is 5.98. The van der Waals surface area contributed by atoms with Crippen molar-refractivity contribution < 1.29 is 14.3 Å². The molecule has 0 aliphatic carbocycles. The number of ether oxygens (including phenoxy) is 2. The van der Waals surface area contributed by atoms with E-state index in [-0.39, 0.29) is 11.9 Å². The van der Waals surface area contributed by atoms with E-state index in [9.17, 15) is 4.79 Å². The highest BCUT2D eigenvalue weighted by Crippen LogP contribution is 2.33. The third kappa shape index (κ3) is 3.13. The maximum Gasteiger partial charge on any atom is 0.255 e. The molecule has 3 rings (SSSR count). The Morgan fingerprint density at radius 1 is 1.38 bits per heavy atom. The molecule has 2 N–H and O–H groups in total. The van der Waals surface area contributed by atoms with E-state index in [1.807, 2.05) is 12.1 Å². The van der Waals surface area contributed by atoms with Gasteiger partial charge in [0.25, 0.3) is 5.91 Å². The summed E-state index contributed by atoms with van der Waals surface area (Å²) in [5, 5.41) is 6.48. The molecule has 0 spiro atoms. The molecule has 1 aromatic rings. The first-order chi connectivity index (χ1) is 10.3. The number of amides is 1. The van der Waals surface area contributed by atoms with Gasteiger partial charge in [0.2, 0.25) is 0 Å². The zero-order valence-electron chi connectivity index (χ0n) is 12.4. The molecular weight excluding hydrogens is 268 g/mol. The van der Waals surface area contributed by atoms with Crippen LogP contribution in [0.2, 0.25) is 0 Å². The van der Waals surface area contributed by atoms with Crippen molar-refractivity contribution in [1.29, 1.82) is 0 Å². The van der Waals surface area contributed by atoms with Crippen molar-refractivity contribution in [3.05, 3.63) is 23.8 Å². The molecule has 21 heavy (non-hydrogen) atoms. The maximum absolute atomic E-state index is 12.5. The number of hydrogen-bond donors (Lipinski definition) is 2. The Balaban J connectivity index is 1.70. The molecule has 1 fully saturated rings. The molecule has 0 aromatic heterocycles. The molecular formula is C16H22N2O3. The molecule has 1 aromatic carbocycles. The van der Waals surface area contributed by atoms with E-state index >= 15 is 0 Å². The molecule has 0 bridgehead atoms. The molecule has 5 heteroatoms. The molecule has 2 aliphatic heterocycles. The number of para-hydroxylation sites is 1. The van der Waals surface area contributed by atoms with Gasteiger partial charge >= 0.3 is 0 Å². The number of piperidine rings is 1. The van der Waals surface area contributed by atoms with E-state index in [0.29, 0.717) is 36.2 Å². The van der Waals surface area contributed by atoms with Crippen LogP contribution in [0.25, 0.3) is 0 Å². The summed E-state index contributed by atoms with van der Waals surface area (Å²) in [5.41, 5.74) is 0.558. The summed E-state index contributed by atoms with van der Waals surface area (Å²) in [5.74, 6) is 1.62. The smallest absolute Gasteiger partial charge is 0.255 e. The number of carbonyl (C=O) groups is 1. The first kappa shape index (κ1) is 14.2. The van der Waals surface area contributed by atoms with Crippen LogP contribution in [0.4, 0.5) is 0 Å². The van der Waals surface area contributed by atoms with Crippen molar-refractivity contribution in [2.75, 3.05) is 26.3 Å². The number of fused-ring (bicyclic) bond motifs is 1. The lowest BCUT2D eigenvalue weighted by atomic mass is 9.92. The second kappa shape index (κ2) is 6.35. The van der Waals surface area contributed by atoms with Gasteiger partial charge in [-0.25, -0.2) is 0 Å². The van der Waals surface area contributed by atoms with Gasteiger partial charge in [-0.15, -0.1) is 0 Å². The average Bonchev–Trinajstić information content (AvgIpc) is 2.55. The largest absolute Gasteiger partial charge is 0.486 e. The first-order valence-electron chi connectivity index (χ1n) is 7.66. The molecule has 2 unspecified atom stereocenters. The Morgan fingerprint density at radius 3 is 3.05 bits per heavy atom. The van der Waals surface area contributed by atoms with Crippen molar-refractivity contribution >= 4 is 5.91 Å². The first-order valence-corrected chi connectivity index (χ1v) is 7.66. The lowest BCUT2D eigenvalue weighted by Gasteiger charge is -2.29. The van der Waals surface area contributed by atoms with Crippen molar-refractivity contribution in [3.8, 4) is 11.5 Å². The SMILES string of the molecule is CC(NC(=O)c1cccc2c1OCCO2)C1CCCNC1. The topological polar surface area (TPSA) is 59.6 Å². The van der Waals surface area contributed by atoms with Crippen molar-refractivity contribution in [2.24, 2.45) is 5.92 Å². The predicted molar refractivity (Wildman–Crippen MR) is 80.0 cm³/mol. The maximum atomic E-state index is 12.5. The highest BCUT2D eigenvalue weighted by atomic mass is 16.6. The van der Waals surface area contributed by atoms with Crippen LogP contribution in [0.5, 0.6) is 11.5 Å². The summed E-state index contributed by atoms with van der Waals surface area (Å²) < 4.78 is 11.1. The third-order valence-corrected chi connectivity index (χ3v) is 4.21. The highest BCUT2D eigenvalue weighted by Gasteiger charge is 2.25. The van der Waals surface area contributed by atoms with Gasteiger partial charge in [-0.05, 0) is 50.9 Å². The van der Waals surface area contributed by atoms with Crippen molar-refractivity contribution in [2.45, 2.75) is 25.8 Å². The number of carbonyl (C=O) groups excluding carboxylic acids is 1. The lowest BCUT2D eigenvalue weighted by Crippen LogP contribution is -2.44. The summed E-state index contributed by atoms with van der Waals surface area (Å²) in [4.78, 5) is 12.5. The van der Waals surface area contributed by atoms with Crippen LogP contribution < -0.4 is 20.1 Å². The van der Waals surface area contributed by atoms with Crippen LogP contribution >= 0.6 is 0 Å². The van der Waals surface area contributed by atoms with Crippen molar-refractivity contribution in [3.63, 3.8) is 0 Å². The molecule has 1 amide bonds. The van der Waals surface area contributed by atoms with Crippen LogP contribution in [-0.2, 0) is 0 Å². The summed E-state index contributed by atoms with van der Waals surface area (Å²) in [6.07, 6.45) is 2.32. The van der Waals surface area contributed by atoms with Crippen LogP contribution in [0.15, 0.2) is 18.2 Å². The van der Waals surface area contributed by atoms with Gasteiger partial charge in [0.05, 0.1) is 5.56 Å². The molecule has 2 heterocycles. The van der Waals surface area contributed by atoms with Gasteiger partial charge in [0.15, 0.2) is 11.5 Å². The van der Waals surface area contributed by atoms with E-state index in [4.69, 9.17) is 9.47 Å². The lowest BCUT2D eigenvalue weighted by molar-refractivity contribution is 0.0911. The standard InChI is InChI=1S/C16H22N2O3/c1-11(12-4-3-7-17-10-12)18-16(19)13-5-2-6-14-15(13)21-9-8-20-14/h2,5-6,11-12,17H,3-4,7-10H2,1H3,(H,18,19). The molecule has 114 valence electrons. The molecule has 0 saturated carbocycles. The van der Waals surface area contributed by atoms with Crippen LogP contribution in [0.3, 0.4) is 0 Å². The van der Waals surface area contributed by atoms with Crippen LogP contribution in [0.1, 0.15) is 30.1 Å². The van der Waals surface area contributed by atoms with Gasteiger partial charge in [0.1, 0.15) is 13.2 Å². The Bertz CT molecular complexity index is 512. The Labute approximate surface area is 125 Å². The minimum Gasteiger partial charge on any atom is -0.486 e. The summed E-state index contributed by atoms with van der Waals surface area (Å²) in [6.45, 7) is 5.13. The fraction of sp³-hybridized carbons (Fsp3) is 0.562. The van der Waals surface area contributed by atoms with Gasteiger partial charge in [-0.3, -0.25) is 4.79 Å². The minimum atomic E-state index is -0.0876. The predicted octanol–water partition coefficient (Wildman–Crippen LogP) is 1.58. The van der Waals surface area contributed by atoms with E-state index < -0.39 is 0 Å². The van der Waals surface area contributed by atoms with Gasteiger partial charge in [-0.2, -0.15) is 0 Å². The third-order valence-electron chi connectivity index (χ3n) is 4.21. The van der Waals surface area contributed by atoms with Crippen LogP contribution in [-0.4, -0.2) is 38.3 Å². The van der Waals surface area contributed by atoms with E-state index in [2.05, 4.69) is 17.6 Å². The Kier molecular flexibility index (Phi) is 4.29. The zero-order chi connectivity index (χ0) is 14.7. The Morgan fingerprint density at radius 2 is 2.24 bits per heavy atom. The van der Waals surface area contributed by atoms with Gasteiger partial charge < -0.3 is 20.1 Å². The molecule has 0 radical (unpaired) electrons. The molecule has 2 aliphatic rings. The quantitative estimate of drug-likeness (QED) is 0.887. The van der Waals surface area contributed by atoms with Crippen LogP contribution in [0, 0.1) is 5.92 Å². The Hall–Kier alpha value is -1.75.